The second kappa shape index (κ2) is 5.54. The molecule has 2 aromatic rings. The van der Waals surface area contributed by atoms with Gasteiger partial charge in [-0.2, -0.15) is 0 Å². The van der Waals surface area contributed by atoms with E-state index in [2.05, 4.69) is 12.2 Å². The van der Waals surface area contributed by atoms with Crippen LogP contribution in [0.25, 0.3) is 11.0 Å². The van der Waals surface area contributed by atoms with E-state index in [1.54, 1.807) is 6.07 Å². The fourth-order valence-corrected chi connectivity index (χ4v) is 1.90. The molecule has 2 N–H and O–H groups in total. The molecule has 0 saturated heterocycles. The molecule has 1 aromatic carbocycles. The van der Waals surface area contributed by atoms with E-state index in [0.717, 1.165) is 23.9 Å². The maximum absolute atomic E-state index is 9.93. The van der Waals surface area contributed by atoms with Crippen molar-refractivity contribution in [3.63, 3.8) is 0 Å². The highest BCUT2D eigenvalue weighted by atomic mass is 35.5. The lowest BCUT2D eigenvalue weighted by Gasteiger charge is -2.07. The Morgan fingerprint density at radius 3 is 3.00 bits per heavy atom. The quantitative estimate of drug-likeness (QED) is 0.805. The summed E-state index contributed by atoms with van der Waals surface area (Å²) in [4.78, 5) is 0. The van der Waals surface area contributed by atoms with Crippen molar-refractivity contribution in [2.24, 2.45) is 0 Å². The largest absolute Gasteiger partial charge is 0.458 e. The van der Waals surface area contributed by atoms with Crippen LogP contribution in [-0.4, -0.2) is 18.2 Å². The van der Waals surface area contributed by atoms with Gasteiger partial charge in [-0.1, -0.05) is 18.5 Å². The molecule has 0 radical (unpaired) electrons. The van der Waals surface area contributed by atoms with Crippen LogP contribution < -0.4 is 5.32 Å². The van der Waals surface area contributed by atoms with Gasteiger partial charge in [-0.15, -0.1) is 0 Å². The van der Waals surface area contributed by atoms with Crippen molar-refractivity contribution in [1.29, 1.82) is 0 Å². The third-order valence-corrected chi connectivity index (χ3v) is 2.83. The maximum atomic E-state index is 9.93. The zero-order valence-electron chi connectivity index (χ0n) is 9.74. The van der Waals surface area contributed by atoms with Crippen LogP contribution in [0.5, 0.6) is 0 Å². The number of hydrogen-bond acceptors (Lipinski definition) is 3. The smallest absolute Gasteiger partial charge is 0.135 e. The van der Waals surface area contributed by atoms with Gasteiger partial charge in [0.25, 0.3) is 0 Å². The molecule has 3 nitrogen and oxygen atoms in total. The van der Waals surface area contributed by atoms with E-state index >= 15 is 0 Å². The van der Waals surface area contributed by atoms with Gasteiger partial charge >= 0.3 is 0 Å². The Bertz CT molecular complexity index is 495. The summed E-state index contributed by atoms with van der Waals surface area (Å²) in [7, 11) is 0. The Labute approximate surface area is 105 Å². The van der Waals surface area contributed by atoms with E-state index in [0.29, 0.717) is 17.3 Å². The van der Waals surface area contributed by atoms with Gasteiger partial charge in [0.1, 0.15) is 17.4 Å². The summed E-state index contributed by atoms with van der Waals surface area (Å²) in [6.45, 7) is 3.48. The molecule has 0 saturated carbocycles. The standard InChI is InChI=1S/C13H16ClNO2/c1-2-5-15-8-11(16)13-7-9-6-10(14)3-4-12(9)17-13/h3-4,6-7,11,15-16H,2,5,8H2,1H3. The predicted octanol–water partition coefficient (Wildman–Crippen LogP) is 3.12. The van der Waals surface area contributed by atoms with Crippen molar-refractivity contribution in [2.45, 2.75) is 19.4 Å². The monoisotopic (exact) mass is 253 g/mol. The van der Waals surface area contributed by atoms with E-state index in [4.69, 9.17) is 16.0 Å². The number of furan rings is 1. The second-order valence-electron chi connectivity index (χ2n) is 4.05. The number of aliphatic hydroxyl groups is 1. The summed E-state index contributed by atoms with van der Waals surface area (Å²) in [6, 6.07) is 7.25. The van der Waals surface area contributed by atoms with Crippen LogP contribution in [-0.2, 0) is 0 Å². The fourth-order valence-electron chi connectivity index (χ4n) is 1.72. The van der Waals surface area contributed by atoms with Gasteiger partial charge in [0.05, 0.1) is 0 Å². The number of nitrogens with one attached hydrogen (secondary N) is 1. The first-order chi connectivity index (χ1) is 8.20. The highest BCUT2D eigenvalue weighted by molar-refractivity contribution is 6.31. The van der Waals surface area contributed by atoms with Gasteiger partial charge in [0.15, 0.2) is 0 Å². The molecule has 0 spiro atoms. The number of halogens is 1. The molecule has 0 aliphatic heterocycles. The van der Waals surface area contributed by atoms with Crippen LogP contribution >= 0.6 is 11.6 Å². The first kappa shape index (κ1) is 12.4. The van der Waals surface area contributed by atoms with Gasteiger partial charge < -0.3 is 14.8 Å². The van der Waals surface area contributed by atoms with Crippen molar-refractivity contribution in [2.75, 3.05) is 13.1 Å². The average molecular weight is 254 g/mol. The molecule has 1 aromatic heterocycles. The van der Waals surface area contributed by atoms with Crippen LogP contribution in [0.4, 0.5) is 0 Å². The first-order valence-electron chi connectivity index (χ1n) is 5.78. The van der Waals surface area contributed by atoms with Crippen molar-refractivity contribution in [3.8, 4) is 0 Å². The molecule has 0 amide bonds. The molecule has 1 atom stereocenters. The lowest BCUT2D eigenvalue weighted by Crippen LogP contribution is -2.21. The predicted molar refractivity (Wildman–Crippen MR) is 69.3 cm³/mol. The van der Waals surface area contributed by atoms with Crippen molar-refractivity contribution < 1.29 is 9.52 Å². The number of benzene rings is 1. The lowest BCUT2D eigenvalue weighted by atomic mass is 10.2. The van der Waals surface area contributed by atoms with Crippen molar-refractivity contribution in [1.82, 2.24) is 5.32 Å². The molecule has 2 rings (SSSR count). The number of hydrogen-bond donors (Lipinski definition) is 2. The van der Waals surface area contributed by atoms with Crippen molar-refractivity contribution in [3.05, 3.63) is 35.0 Å². The van der Waals surface area contributed by atoms with Gasteiger partial charge in [-0.05, 0) is 37.2 Å². The molecule has 0 bridgehead atoms. The van der Waals surface area contributed by atoms with Crippen LogP contribution in [0, 0.1) is 0 Å². The molecular weight excluding hydrogens is 238 g/mol. The maximum Gasteiger partial charge on any atom is 0.135 e. The Kier molecular flexibility index (Phi) is 4.05. The van der Waals surface area contributed by atoms with Crippen molar-refractivity contribution >= 4 is 22.6 Å². The minimum atomic E-state index is -0.618. The molecule has 92 valence electrons. The minimum absolute atomic E-state index is 0.501. The fraction of sp³-hybridized carbons (Fsp3) is 0.385. The molecule has 17 heavy (non-hydrogen) atoms. The van der Waals surface area contributed by atoms with Gasteiger partial charge in [0, 0.05) is 17.0 Å². The number of fused-ring (bicyclic) bond motifs is 1. The zero-order valence-corrected chi connectivity index (χ0v) is 10.5. The van der Waals surface area contributed by atoms with E-state index in [-0.39, 0.29) is 0 Å². The molecule has 4 heteroatoms. The number of rotatable bonds is 5. The summed E-state index contributed by atoms with van der Waals surface area (Å²) in [5, 5.41) is 14.7. The summed E-state index contributed by atoms with van der Waals surface area (Å²) < 4.78 is 5.57. The topological polar surface area (TPSA) is 45.4 Å². The normalized spacial score (nSPS) is 13.1. The van der Waals surface area contributed by atoms with Gasteiger partial charge in [0.2, 0.25) is 0 Å². The third-order valence-electron chi connectivity index (χ3n) is 2.59. The van der Waals surface area contributed by atoms with E-state index < -0.39 is 6.10 Å². The molecule has 1 unspecified atom stereocenters. The molecule has 0 fully saturated rings. The summed E-state index contributed by atoms with van der Waals surface area (Å²) in [5.74, 6) is 0.575. The third kappa shape index (κ3) is 3.00. The van der Waals surface area contributed by atoms with E-state index in [9.17, 15) is 5.11 Å². The first-order valence-corrected chi connectivity index (χ1v) is 6.16. The van der Waals surface area contributed by atoms with E-state index in [1.807, 2.05) is 18.2 Å². The van der Waals surface area contributed by atoms with Gasteiger partial charge in [-0.3, -0.25) is 0 Å². The van der Waals surface area contributed by atoms with Gasteiger partial charge in [-0.25, -0.2) is 0 Å². The molecule has 0 aliphatic carbocycles. The Morgan fingerprint density at radius 1 is 1.41 bits per heavy atom. The van der Waals surface area contributed by atoms with Crippen LogP contribution in [0.15, 0.2) is 28.7 Å². The average Bonchev–Trinajstić information content (AvgIpc) is 2.72. The highest BCUT2D eigenvalue weighted by Crippen LogP contribution is 2.26. The Morgan fingerprint density at radius 2 is 2.24 bits per heavy atom. The van der Waals surface area contributed by atoms with Crippen LogP contribution in [0.2, 0.25) is 5.02 Å². The molecule has 1 heterocycles. The lowest BCUT2D eigenvalue weighted by molar-refractivity contribution is 0.150. The van der Waals surface area contributed by atoms with Crippen LogP contribution in [0.3, 0.4) is 0 Å². The van der Waals surface area contributed by atoms with Crippen LogP contribution in [0.1, 0.15) is 25.2 Å². The SMILES string of the molecule is CCCNCC(O)c1cc2cc(Cl)ccc2o1. The zero-order chi connectivity index (χ0) is 12.3. The summed E-state index contributed by atoms with van der Waals surface area (Å²) in [5.41, 5.74) is 0.749. The molecule has 0 aliphatic rings. The molecular formula is C13H16ClNO2. The minimum Gasteiger partial charge on any atom is -0.458 e. The Balaban J connectivity index is 2.12. The summed E-state index contributed by atoms with van der Waals surface area (Å²) in [6.07, 6.45) is 0.426. The Hall–Kier alpha value is -1.03. The highest BCUT2D eigenvalue weighted by Gasteiger charge is 2.12. The second-order valence-corrected chi connectivity index (χ2v) is 4.49. The van der Waals surface area contributed by atoms with E-state index in [1.165, 1.54) is 0 Å². The number of aliphatic hydroxyl groups excluding tert-OH is 1. The summed E-state index contributed by atoms with van der Waals surface area (Å²) >= 11 is 5.89.